The molecule has 0 aliphatic rings. The van der Waals surface area contributed by atoms with Crippen LogP contribution in [0.5, 0.6) is 0 Å². The van der Waals surface area contributed by atoms with Crippen LogP contribution in [-0.4, -0.2) is 5.16 Å². The third kappa shape index (κ3) is 2.03. The van der Waals surface area contributed by atoms with E-state index in [-0.39, 0.29) is 29.1 Å². The molecule has 0 aliphatic carbocycles. The first-order valence-corrected chi connectivity index (χ1v) is 2.20. The fourth-order valence-corrected chi connectivity index (χ4v) is 0.422. The van der Waals surface area contributed by atoms with Gasteiger partial charge in [0, 0.05) is 6.07 Å². The lowest BCUT2D eigenvalue weighted by Crippen LogP contribution is -3.00. The van der Waals surface area contributed by atoms with Gasteiger partial charge >= 0.3 is 0 Å². The van der Waals surface area contributed by atoms with Gasteiger partial charge in [-0.15, -0.1) is 0 Å². The van der Waals surface area contributed by atoms with Gasteiger partial charge in [0.25, 0.3) is 5.56 Å². The first-order chi connectivity index (χ1) is 3.83. The quantitative estimate of drug-likeness (QED) is 0.485. The first-order valence-electron chi connectivity index (χ1n) is 2.20. The molecule has 1 aromatic heterocycles. The molecule has 0 aromatic carbocycles. The molecule has 1 aromatic rings. The van der Waals surface area contributed by atoms with Crippen LogP contribution < -0.4 is 28.3 Å². The van der Waals surface area contributed by atoms with E-state index >= 15 is 0 Å². The van der Waals surface area contributed by atoms with Crippen LogP contribution >= 0.6 is 0 Å². The summed E-state index contributed by atoms with van der Waals surface area (Å²) in [7, 11) is 0. The van der Waals surface area contributed by atoms with Gasteiger partial charge in [0.15, 0.2) is 5.76 Å². The summed E-state index contributed by atoms with van der Waals surface area (Å²) in [6.45, 7) is 0.263. The van der Waals surface area contributed by atoms with Crippen LogP contribution in [0, 0.1) is 0 Å². The minimum Gasteiger partial charge on any atom is -1.00 e. The lowest BCUT2D eigenvalue weighted by Gasteiger charge is -1.77. The Balaban J connectivity index is 0.000000640. The Kier molecular flexibility index (Phi) is 3.26. The van der Waals surface area contributed by atoms with Crippen molar-refractivity contribution < 1.29 is 21.5 Å². The van der Waals surface area contributed by atoms with E-state index in [9.17, 15) is 4.79 Å². The third-order valence-corrected chi connectivity index (χ3v) is 0.776. The van der Waals surface area contributed by atoms with Gasteiger partial charge in [-0.2, -0.15) is 5.16 Å². The van der Waals surface area contributed by atoms with Gasteiger partial charge in [0.1, 0.15) is 0 Å². The summed E-state index contributed by atoms with van der Waals surface area (Å²) in [4.78, 5) is 10.2. The maximum absolute atomic E-state index is 10.2. The number of rotatable bonds is 1. The van der Waals surface area contributed by atoms with Crippen LogP contribution in [0.4, 0.5) is 0 Å². The number of aromatic nitrogens is 1. The topological polar surface area (TPSA) is 72.0 Å². The van der Waals surface area contributed by atoms with Crippen molar-refractivity contribution >= 4 is 0 Å². The van der Waals surface area contributed by atoms with Crippen molar-refractivity contribution in [3.8, 4) is 0 Å². The van der Waals surface area contributed by atoms with Crippen molar-refractivity contribution in [3.05, 3.63) is 22.2 Å². The molecule has 1 rings (SSSR count). The van der Waals surface area contributed by atoms with Crippen LogP contribution in [0.1, 0.15) is 5.76 Å². The standard InChI is InChI=1S/C4H6N2O2.BrH/c5-2-3-1-4(7)6-8-3;/h1H,2,5H2,(H,6,7);1H/p-1. The van der Waals surface area contributed by atoms with E-state index in [4.69, 9.17) is 5.73 Å². The molecule has 0 fully saturated rings. The summed E-state index contributed by atoms with van der Waals surface area (Å²) >= 11 is 0. The molecule has 1 heterocycles. The van der Waals surface area contributed by atoms with Crippen molar-refractivity contribution in [1.82, 2.24) is 5.16 Å². The van der Waals surface area contributed by atoms with Crippen molar-refractivity contribution in [2.24, 2.45) is 5.73 Å². The molecule has 0 bridgehead atoms. The van der Waals surface area contributed by atoms with Gasteiger partial charge in [0.05, 0.1) is 6.54 Å². The molecule has 0 aliphatic heterocycles. The van der Waals surface area contributed by atoms with Gasteiger partial charge in [-0.25, -0.2) is 0 Å². The predicted molar refractivity (Wildman–Crippen MR) is 27.2 cm³/mol. The van der Waals surface area contributed by atoms with E-state index in [1.807, 2.05) is 0 Å². The molecule has 0 unspecified atom stereocenters. The van der Waals surface area contributed by atoms with Crippen LogP contribution in [-0.2, 0) is 6.54 Å². The highest BCUT2D eigenvalue weighted by Gasteiger charge is 1.91. The zero-order chi connectivity index (χ0) is 5.98. The van der Waals surface area contributed by atoms with Gasteiger partial charge in [-0.1, -0.05) is 0 Å². The number of hydrogen-bond acceptors (Lipinski definition) is 3. The molecule has 0 atom stereocenters. The molecule has 52 valence electrons. The molecule has 0 radical (unpaired) electrons. The molecule has 0 amide bonds. The minimum atomic E-state index is -0.245. The Morgan fingerprint density at radius 2 is 2.44 bits per heavy atom. The lowest BCUT2D eigenvalue weighted by atomic mass is 10.5. The maximum atomic E-state index is 10.2. The molecule has 0 spiro atoms. The Hall–Kier alpha value is -0.550. The first kappa shape index (κ1) is 8.45. The van der Waals surface area contributed by atoms with E-state index in [1.165, 1.54) is 6.07 Å². The second-order valence-corrected chi connectivity index (χ2v) is 1.38. The third-order valence-electron chi connectivity index (χ3n) is 0.776. The number of hydrogen-bond donors (Lipinski definition) is 2. The Morgan fingerprint density at radius 1 is 1.78 bits per heavy atom. The summed E-state index contributed by atoms with van der Waals surface area (Å²) in [6.07, 6.45) is 0. The monoisotopic (exact) mass is 193 g/mol. The van der Waals surface area contributed by atoms with Gasteiger partial charge in [-0.3, -0.25) is 4.79 Å². The maximum Gasteiger partial charge on any atom is 0.280 e. The van der Waals surface area contributed by atoms with E-state index in [1.54, 1.807) is 0 Å². The largest absolute Gasteiger partial charge is 1.00 e. The average molecular weight is 194 g/mol. The normalized spacial score (nSPS) is 8.56. The average Bonchev–Trinajstić information content (AvgIpc) is 2.14. The van der Waals surface area contributed by atoms with Gasteiger partial charge < -0.3 is 27.2 Å². The van der Waals surface area contributed by atoms with E-state index in [2.05, 4.69) is 9.68 Å². The molecule has 3 N–H and O–H groups in total. The van der Waals surface area contributed by atoms with E-state index in [0.29, 0.717) is 5.76 Å². The molecule has 5 heteroatoms. The zero-order valence-corrected chi connectivity index (χ0v) is 6.14. The Bertz CT molecular complexity index is 216. The number of nitrogens with two attached hydrogens (primary N) is 1. The second kappa shape index (κ2) is 3.47. The van der Waals surface area contributed by atoms with E-state index < -0.39 is 0 Å². The van der Waals surface area contributed by atoms with Gasteiger partial charge in [-0.05, 0) is 0 Å². The fourth-order valence-electron chi connectivity index (χ4n) is 0.422. The number of halogens is 1. The summed E-state index contributed by atoms with van der Waals surface area (Å²) in [6, 6.07) is 1.32. The summed E-state index contributed by atoms with van der Waals surface area (Å²) in [5.74, 6) is 0.481. The van der Waals surface area contributed by atoms with Crippen molar-refractivity contribution in [1.29, 1.82) is 0 Å². The molecule has 9 heavy (non-hydrogen) atoms. The summed E-state index contributed by atoms with van der Waals surface area (Å²) in [5, 5.41) is 2.11. The van der Waals surface area contributed by atoms with Crippen LogP contribution in [0.15, 0.2) is 15.4 Å². The van der Waals surface area contributed by atoms with Crippen LogP contribution in [0.2, 0.25) is 0 Å². The predicted octanol–water partition coefficient (Wildman–Crippen LogP) is -3.57. The molecular formula is C4H6BrN2O2-. The fraction of sp³-hybridized carbons (Fsp3) is 0.250. The highest BCUT2D eigenvalue weighted by molar-refractivity contribution is 4.91. The minimum absolute atomic E-state index is 0. The van der Waals surface area contributed by atoms with Crippen molar-refractivity contribution in [3.63, 3.8) is 0 Å². The molecule has 0 saturated carbocycles. The molecular weight excluding hydrogens is 188 g/mol. The summed E-state index contributed by atoms with van der Waals surface area (Å²) in [5.41, 5.74) is 4.87. The Morgan fingerprint density at radius 3 is 2.67 bits per heavy atom. The number of nitrogens with one attached hydrogen (secondary N) is 1. The van der Waals surface area contributed by atoms with Crippen LogP contribution in [0.3, 0.4) is 0 Å². The number of aromatic amines is 1. The van der Waals surface area contributed by atoms with E-state index in [0.717, 1.165) is 0 Å². The molecule has 0 saturated heterocycles. The van der Waals surface area contributed by atoms with Crippen molar-refractivity contribution in [2.45, 2.75) is 6.54 Å². The SMILES string of the molecule is NCc1cc(=O)[nH]o1.[Br-]. The Labute approximate surface area is 61.8 Å². The van der Waals surface area contributed by atoms with Crippen molar-refractivity contribution in [2.75, 3.05) is 0 Å². The highest BCUT2D eigenvalue weighted by Crippen LogP contribution is 1.86. The zero-order valence-electron chi connectivity index (χ0n) is 4.56. The number of H-pyrrole nitrogens is 1. The smallest absolute Gasteiger partial charge is 0.280 e. The lowest BCUT2D eigenvalue weighted by molar-refractivity contribution is -0.00000226. The molecule has 4 nitrogen and oxygen atoms in total. The highest BCUT2D eigenvalue weighted by atomic mass is 79.9. The van der Waals surface area contributed by atoms with Gasteiger partial charge in [0.2, 0.25) is 0 Å². The van der Waals surface area contributed by atoms with Crippen LogP contribution in [0.25, 0.3) is 0 Å². The second-order valence-electron chi connectivity index (χ2n) is 1.38. The summed E-state index contributed by atoms with van der Waals surface area (Å²) < 4.78 is 4.55.